The summed E-state index contributed by atoms with van der Waals surface area (Å²) in [5.74, 6) is -0.00339. The van der Waals surface area contributed by atoms with E-state index in [0.29, 0.717) is 24.9 Å². The van der Waals surface area contributed by atoms with Gasteiger partial charge in [0.2, 0.25) is 5.91 Å². The molecule has 1 aromatic heterocycles. The van der Waals surface area contributed by atoms with Gasteiger partial charge in [-0.05, 0) is 18.9 Å². The topological polar surface area (TPSA) is 95.8 Å². The number of benzene rings is 2. The summed E-state index contributed by atoms with van der Waals surface area (Å²) in [6, 6.07) is 20.1. The molecule has 8 nitrogen and oxygen atoms in total. The normalized spacial score (nSPS) is 17.8. The molecular weight excluding hydrogens is 420 g/mol. The van der Waals surface area contributed by atoms with Gasteiger partial charge in [-0.3, -0.25) is 14.5 Å². The molecule has 1 atom stereocenters. The van der Waals surface area contributed by atoms with Gasteiger partial charge in [-0.15, -0.1) is 0 Å². The molecule has 1 aliphatic heterocycles. The number of carbonyl (C=O) groups excluding carboxylic acids is 3. The maximum atomic E-state index is 13.0. The number of nitrogens with zero attached hydrogens (tertiary/aromatic N) is 3. The Morgan fingerprint density at radius 1 is 1.09 bits per heavy atom. The molecule has 4 rings (SSSR count). The van der Waals surface area contributed by atoms with Gasteiger partial charge in [0.1, 0.15) is 23.5 Å². The highest BCUT2D eigenvalue weighted by molar-refractivity contribution is 6.09. The van der Waals surface area contributed by atoms with Gasteiger partial charge in [0.15, 0.2) is 0 Å². The molecule has 1 N–H and O–H groups in total. The maximum absolute atomic E-state index is 13.0. The zero-order valence-corrected chi connectivity index (χ0v) is 18.7. The molecular formula is C25H26N4O4. The fraction of sp³-hybridized carbons (Fsp3) is 0.280. The van der Waals surface area contributed by atoms with Crippen LogP contribution in [0.5, 0.6) is 0 Å². The Morgan fingerprint density at radius 3 is 2.45 bits per heavy atom. The first-order chi connectivity index (χ1) is 15.9. The summed E-state index contributed by atoms with van der Waals surface area (Å²) >= 11 is 0. The van der Waals surface area contributed by atoms with Crippen LogP contribution in [0.4, 0.5) is 4.79 Å². The van der Waals surface area contributed by atoms with Gasteiger partial charge in [0.25, 0.3) is 5.91 Å². The molecule has 2 heterocycles. The van der Waals surface area contributed by atoms with E-state index in [9.17, 15) is 14.4 Å². The summed E-state index contributed by atoms with van der Waals surface area (Å²) in [4.78, 5) is 40.6. The van der Waals surface area contributed by atoms with E-state index in [4.69, 9.17) is 4.52 Å². The highest BCUT2D eigenvalue weighted by atomic mass is 16.5. The van der Waals surface area contributed by atoms with Crippen molar-refractivity contribution in [1.29, 1.82) is 0 Å². The molecule has 0 aliphatic carbocycles. The second-order valence-electron chi connectivity index (χ2n) is 8.28. The van der Waals surface area contributed by atoms with E-state index >= 15 is 0 Å². The highest BCUT2D eigenvalue weighted by Crippen LogP contribution is 2.28. The number of aromatic nitrogens is 1. The lowest BCUT2D eigenvalue weighted by Gasteiger charge is -2.23. The molecule has 4 amide bonds. The van der Waals surface area contributed by atoms with Crippen molar-refractivity contribution in [3.05, 3.63) is 78.1 Å². The van der Waals surface area contributed by atoms with E-state index < -0.39 is 17.5 Å². The van der Waals surface area contributed by atoms with Crippen LogP contribution in [0, 0.1) is 0 Å². The number of hydrogen-bond donors (Lipinski definition) is 1. The van der Waals surface area contributed by atoms with Crippen molar-refractivity contribution in [3.8, 4) is 11.3 Å². The predicted molar refractivity (Wildman–Crippen MR) is 122 cm³/mol. The average molecular weight is 447 g/mol. The van der Waals surface area contributed by atoms with Crippen LogP contribution in [0.2, 0.25) is 0 Å². The highest BCUT2D eigenvalue weighted by Gasteiger charge is 2.49. The summed E-state index contributed by atoms with van der Waals surface area (Å²) < 4.78 is 5.40. The molecule has 170 valence electrons. The Bertz CT molecular complexity index is 1150. The molecule has 3 aromatic rings. The molecule has 0 radical (unpaired) electrons. The Morgan fingerprint density at radius 2 is 1.76 bits per heavy atom. The van der Waals surface area contributed by atoms with Gasteiger partial charge in [0.05, 0.1) is 0 Å². The fourth-order valence-corrected chi connectivity index (χ4v) is 3.85. The van der Waals surface area contributed by atoms with E-state index in [2.05, 4.69) is 10.5 Å². The molecule has 1 aliphatic rings. The third-order valence-corrected chi connectivity index (χ3v) is 5.89. The number of amides is 4. The summed E-state index contributed by atoms with van der Waals surface area (Å²) in [7, 11) is 1.66. The zero-order chi connectivity index (χ0) is 23.4. The van der Waals surface area contributed by atoms with Gasteiger partial charge in [0, 0.05) is 31.6 Å². The molecule has 2 aromatic carbocycles. The van der Waals surface area contributed by atoms with Gasteiger partial charge in [-0.2, -0.15) is 0 Å². The fourth-order valence-electron chi connectivity index (χ4n) is 3.85. The van der Waals surface area contributed by atoms with Crippen LogP contribution in [0.15, 0.2) is 71.3 Å². The smallest absolute Gasteiger partial charge is 0.325 e. The standard InChI is InChI=1S/C25H26N4O4/c1-25(19-12-7-4-8-13-19)23(31)29(24(32)26-25)17-22(30)28(2)15-9-14-20-16-21(27-33-20)18-10-5-3-6-11-18/h3-8,10-13,16H,9,14-15,17H2,1-2H3,(H,26,32). The quantitative estimate of drug-likeness (QED) is 0.536. The lowest BCUT2D eigenvalue weighted by Crippen LogP contribution is -2.43. The van der Waals surface area contributed by atoms with E-state index in [1.807, 2.05) is 42.5 Å². The molecule has 33 heavy (non-hydrogen) atoms. The van der Waals surface area contributed by atoms with Crippen molar-refractivity contribution < 1.29 is 18.9 Å². The van der Waals surface area contributed by atoms with E-state index in [1.165, 1.54) is 4.90 Å². The van der Waals surface area contributed by atoms with Crippen LogP contribution in [-0.2, 0) is 21.5 Å². The third kappa shape index (κ3) is 4.64. The molecule has 8 heteroatoms. The van der Waals surface area contributed by atoms with Crippen LogP contribution < -0.4 is 5.32 Å². The largest absolute Gasteiger partial charge is 0.361 e. The SMILES string of the molecule is CN(CCCc1cc(-c2ccccc2)no1)C(=O)CN1C(=O)NC(C)(c2ccccc2)C1=O. The van der Waals surface area contributed by atoms with E-state index in [1.54, 1.807) is 38.2 Å². The Balaban J connectivity index is 1.30. The van der Waals surface area contributed by atoms with Crippen LogP contribution in [-0.4, -0.2) is 52.9 Å². The predicted octanol–water partition coefficient (Wildman–Crippen LogP) is 3.20. The second-order valence-corrected chi connectivity index (χ2v) is 8.28. The van der Waals surface area contributed by atoms with Gasteiger partial charge in [-0.1, -0.05) is 65.8 Å². The lowest BCUT2D eigenvalue weighted by molar-refractivity contribution is -0.138. The third-order valence-electron chi connectivity index (χ3n) is 5.89. The Kier molecular flexibility index (Phi) is 6.26. The zero-order valence-electron chi connectivity index (χ0n) is 18.7. The van der Waals surface area contributed by atoms with E-state index in [0.717, 1.165) is 21.9 Å². The second kappa shape index (κ2) is 9.28. The summed E-state index contributed by atoms with van der Waals surface area (Å²) in [6.07, 6.45) is 1.28. The van der Waals surface area contributed by atoms with Gasteiger partial charge < -0.3 is 14.7 Å². The maximum Gasteiger partial charge on any atom is 0.325 e. The van der Waals surface area contributed by atoms with Crippen molar-refractivity contribution in [1.82, 2.24) is 20.3 Å². The van der Waals surface area contributed by atoms with Crippen molar-refractivity contribution in [3.63, 3.8) is 0 Å². The van der Waals surface area contributed by atoms with Crippen LogP contribution in [0.1, 0.15) is 24.7 Å². The number of nitrogens with one attached hydrogen (secondary N) is 1. The molecule has 1 unspecified atom stereocenters. The van der Waals surface area contributed by atoms with Crippen LogP contribution in [0.3, 0.4) is 0 Å². The number of likely N-dealkylation sites (N-methyl/N-ethyl adjacent to an activating group) is 1. The molecule has 0 saturated carbocycles. The first-order valence-electron chi connectivity index (χ1n) is 10.8. The number of urea groups is 1. The number of hydrogen-bond acceptors (Lipinski definition) is 5. The molecule has 0 bridgehead atoms. The van der Waals surface area contributed by atoms with Crippen molar-refractivity contribution in [2.24, 2.45) is 0 Å². The van der Waals surface area contributed by atoms with Crippen LogP contribution >= 0.6 is 0 Å². The minimum absolute atomic E-state index is 0.302. The summed E-state index contributed by atoms with van der Waals surface area (Å²) in [5.41, 5.74) is 1.25. The first-order valence-corrected chi connectivity index (χ1v) is 10.8. The monoisotopic (exact) mass is 446 g/mol. The van der Waals surface area contributed by atoms with E-state index in [-0.39, 0.29) is 12.5 Å². The summed E-state index contributed by atoms with van der Waals surface area (Å²) in [5, 5.41) is 6.82. The van der Waals surface area contributed by atoms with Gasteiger partial charge >= 0.3 is 6.03 Å². The average Bonchev–Trinajstić information content (AvgIpc) is 3.39. The van der Waals surface area contributed by atoms with Crippen molar-refractivity contribution in [2.45, 2.75) is 25.3 Å². The minimum atomic E-state index is -1.18. The number of aryl methyl sites for hydroxylation is 1. The number of carbonyl (C=O) groups is 3. The molecule has 1 saturated heterocycles. The lowest BCUT2D eigenvalue weighted by atomic mass is 9.92. The molecule has 1 fully saturated rings. The first kappa shape index (κ1) is 22.3. The molecule has 0 spiro atoms. The van der Waals surface area contributed by atoms with Crippen molar-refractivity contribution in [2.75, 3.05) is 20.1 Å². The number of rotatable bonds is 8. The number of imide groups is 1. The van der Waals surface area contributed by atoms with Crippen molar-refractivity contribution >= 4 is 17.8 Å². The Hall–Kier alpha value is -3.94. The van der Waals surface area contributed by atoms with Gasteiger partial charge in [-0.25, -0.2) is 4.79 Å². The summed E-state index contributed by atoms with van der Waals surface area (Å²) in [6.45, 7) is 1.81. The Labute approximate surface area is 192 Å². The minimum Gasteiger partial charge on any atom is -0.361 e. The van der Waals surface area contributed by atoms with Crippen LogP contribution in [0.25, 0.3) is 11.3 Å².